The molecular weight excluding hydrogens is 391 g/mol. The van der Waals surface area contributed by atoms with E-state index in [0.717, 1.165) is 21.9 Å². The summed E-state index contributed by atoms with van der Waals surface area (Å²) in [7, 11) is 1.57. The Labute approximate surface area is 180 Å². The Morgan fingerprint density at radius 1 is 0.871 bits per heavy atom. The zero-order chi connectivity index (χ0) is 21.6. The van der Waals surface area contributed by atoms with Crippen LogP contribution in [0.5, 0.6) is 11.5 Å². The number of rotatable bonds is 7. The van der Waals surface area contributed by atoms with Crippen molar-refractivity contribution in [2.45, 2.75) is 6.61 Å². The lowest BCUT2D eigenvalue weighted by Crippen LogP contribution is -2.00. The quantitative estimate of drug-likeness (QED) is 0.258. The van der Waals surface area contributed by atoms with E-state index in [4.69, 9.17) is 9.47 Å². The molecule has 0 aliphatic heterocycles. The van der Waals surface area contributed by atoms with E-state index in [1.165, 1.54) is 6.07 Å². The predicted molar refractivity (Wildman–Crippen MR) is 121 cm³/mol. The van der Waals surface area contributed by atoms with Gasteiger partial charge in [0.05, 0.1) is 7.11 Å². The number of para-hydroxylation sites is 1. The highest BCUT2D eigenvalue weighted by molar-refractivity contribution is 6.08. The van der Waals surface area contributed by atoms with Gasteiger partial charge < -0.3 is 9.47 Å². The molecule has 4 heteroatoms. The number of carbonyl (C=O) groups is 1. The van der Waals surface area contributed by atoms with Gasteiger partial charge in [-0.2, -0.15) is 0 Å². The molecule has 154 valence electrons. The molecule has 3 nitrogen and oxygen atoms in total. The lowest BCUT2D eigenvalue weighted by atomic mass is 10.0. The second kappa shape index (κ2) is 9.26. The number of fused-ring (bicyclic) bond motifs is 1. The Kier molecular flexibility index (Phi) is 6.08. The molecule has 0 fully saturated rings. The lowest BCUT2D eigenvalue weighted by Gasteiger charge is -2.11. The summed E-state index contributed by atoms with van der Waals surface area (Å²) in [6, 6.07) is 25.4. The van der Waals surface area contributed by atoms with Crippen LogP contribution in [0, 0.1) is 5.82 Å². The third-order valence-corrected chi connectivity index (χ3v) is 4.99. The normalized spacial score (nSPS) is 11.0. The Morgan fingerprint density at radius 3 is 2.45 bits per heavy atom. The SMILES string of the molecule is COc1ccc(/C=C/C(=O)c2ccc3ccccc3c2)cc1COc1ccccc1F. The number of ketones is 1. The van der Waals surface area contributed by atoms with Crippen molar-refractivity contribution in [1.29, 1.82) is 0 Å². The first-order chi connectivity index (χ1) is 15.1. The molecule has 0 heterocycles. The molecule has 0 saturated carbocycles. The summed E-state index contributed by atoms with van der Waals surface area (Å²) in [4.78, 5) is 12.6. The molecule has 0 unspecified atom stereocenters. The van der Waals surface area contributed by atoms with Gasteiger partial charge in [-0.15, -0.1) is 0 Å². The van der Waals surface area contributed by atoms with Crippen molar-refractivity contribution in [2.75, 3.05) is 7.11 Å². The molecule has 4 aromatic rings. The molecule has 0 N–H and O–H groups in total. The van der Waals surface area contributed by atoms with E-state index in [9.17, 15) is 9.18 Å². The first-order valence-corrected chi connectivity index (χ1v) is 9.89. The van der Waals surface area contributed by atoms with Gasteiger partial charge in [-0.3, -0.25) is 4.79 Å². The molecule has 0 bridgehead atoms. The van der Waals surface area contributed by atoms with Gasteiger partial charge in [0.25, 0.3) is 0 Å². The molecule has 0 atom stereocenters. The second-order valence-corrected chi connectivity index (χ2v) is 7.05. The van der Waals surface area contributed by atoms with Crippen molar-refractivity contribution in [1.82, 2.24) is 0 Å². The number of carbonyl (C=O) groups excluding carboxylic acids is 1. The fraction of sp³-hybridized carbons (Fsp3) is 0.0741. The molecule has 0 aromatic heterocycles. The van der Waals surface area contributed by atoms with Crippen molar-refractivity contribution < 1.29 is 18.7 Å². The highest BCUT2D eigenvalue weighted by atomic mass is 19.1. The van der Waals surface area contributed by atoms with Gasteiger partial charge in [-0.05, 0) is 52.7 Å². The van der Waals surface area contributed by atoms with Crippen LogP contribution in [-0.2, 0) is 6.61 Å². The van der Waals surface area contributed by atoms with E-state index in [0.29, 0.717) is 11.3 Å². The van der Waals surface area contributed by atoms with Gasteiger partial charge in [0, 0.05) is 11.1 Å². The highest BCUT2D eigenvalue weighted by Gasteiger charge is 2.08. The summed E-state index contributed by atoms with van der Waals surface area (Å²) in [6.45, 7) is 0.143. The number of hydrogen-bond acceptors (Lipinski definition) is 3. The van der Waals surface area contributed by atoms with E-state index in [-0.39, 0.29) is 18.1 Å². The van der Waals surface area contributed by atoms with Gasteiger partial charge in [0.2, 0.25) is 0 Å². The Bertz CT molecular complexity index is 1260. The Morgan fingerprint density at radius 2 is 1.65 bits per heavy atom. The van der Waals surface area contributed by atoms with Crippen molar-refractivity contribution in [3.8, 4) is 11.5 Å². The monoisotopic (exact) mass is 412 g/mol. The van der Waals surface area contributed by atoms with Crippen LogP contribution in [-0.4, -0.2) is 12.9 Å². The molecular formula is C27H21FO3. The molecule has 31 heavy (non-hydrogen) atoms. The highest BCUT2D eigenvalue weighted by Crippen LogP contribution is 2.24. The number of halogens is 1. The first kappa shape index (κ1) is 20.4. The van der Waals surface area contributed by atoms with Gasteiger partial charge in [0.1, 0.15) is 12.4 Å². The van der Waals surface area contributed by atoms with Crippen molar-refractivity contribution in [3.63, 3.8) is 0 Å². The summed E-state index contributed by atoms with van der Waals surface area (Å²) in [6.07, 6.45) is 3.30. The van der Waals surface area contributed by atoms with Crippen LogP contribution >= 0.6 is 0 Å². The number of allylic oxidation sites excluding steroid dienone is 1. The van der Waals surface area contributed by atoms with Crippen LogP contribution in [0.15, 0.2) is 91.0 Å². The first-order valence-electron chi connectivity index (χ1n) is 9.89. The minimum absolute atomic E-state index is 0.0780. The molecule has 0 saturated heterocycles. The van der Waals surface area contributed by atoms with Crippen LogP contribution in [0.25, 0.3) is 16.8 Å². The third-order valence-electron chi connectivity index (χ3n) is 4.99. The summed E-state index contributed by atoms with van der Waals surface area (Å²) < 4.78 is 24.8. The zero-order valence-electron chi connectivity index (χ0n) is 17.0. The van der Waals surface area contributed by atoms with Gasteiger partial charge in [0.15, 0.2) is 17.3 Å². The summed E-state index contributed by atoms with van der Waals surface area (Å²) in [5.41, 5.74) is 2.21. The molecule has 0 aliphatic carbocycles. The second-order valence-electron chi connectivity index (χ2n) is 7.05. The van der Waals surface area contributed by atoms with Crippen molar-refractivity contribution in [3.05, 3.63) is 114 Å². The van der Waals surface area contributed by atoms with Crippen molar-refractivity contribution in [2.24, 2.45) is 0 Å². The Hall–Kier alpha value is -3.92. The Balaban J connectivity index is 1.52. The maximum atomic E-state index is 13.8. The van der Waals surface area contributed by atoms with Gasteiger partial charge in [-0.25, -0.2) is 4.39 Å². The summed E-state index contributed by atoms with van der Waals surface area (Å²) in [5.74, 6) is 0.315. The predicted octanol–water partition coefficient (Wildman–Crippen LogP) is 6.46. The van der Waals surface area contributed by atoms with Crippen LogP contribution in [0.2, 0.25) is 0 Å². The minimum Gasteiger partial charge on any atom is -0.496 e. The standard InChI is InChI=1S/C27H21FO3/c1-30-26-15-11-19(16-23(26)18-31-27-9-5-4-8-24(27)28)10-14-25(29)22-13-12-20-6-2-3-7-21(20)17-22/h2-17H,18H2,1H3/b14-10+. The van der Waals surface area contributed by atoms with Gasteiger partial charge in [-0.1, -0.05) is 60.7 Å². The van der Waals surface area contributed by atoms with E-state index in [2.05, 4.69) is 0 Å². The maximum Gasteiger partial charge on any atom is 0.185 e. The topological polar surface area (TPSA) is 35.5 Å². The fourth-order valence-electron chi connectivity index (χ4n) is 3.34. The summed E-state index contributed by atoms with van der Waals surface area (Å²) >= 11 is 0. The van der Waals surface area contributed by atoms with E-state index in [1.807, 2.05) is 54.6 Å². The average molecular weight is 412 g/mol. The number of methoxy groups -OCH3 is 1. The molecule has 4 aromatic carbocycles. The van der Waals surface area contributed by atoms with Crippen LogP contribution in [0.4, 0.5) is 4.39 Å². The largest absolute Gasteiger partial charge is 0.496 e. The van der Waals surface area contributed by atoms with E-state index in [1.54, 1.807) is 43.5 Å². The maximum absolute atomic E-state index is 13.8. The van der Waals surface area contributed by atoms with E-state index >= 15 is 0 Å². The summed E-state index contributed by atoms with van der Waals surface area (Å²) in [5, 5.41) is 2.12. The average Bonchev–Trinajstić information content (AvgIpc) is 2.81. The van der Waals surface area contributed by atoms with Crippen LogP contribution < -0.4 is 9.47 Å². The molecule has 0 amide bonds. The zero-order valence-corrected chi connectivity index (χ0v) is 17.0. The third kappa shape index (κ3) is 4.81. The number of benzene rings is 4. The lowest BCUT2D eigenvalue weighted by molar-refractivity contribution is 0.104. The number of ether oxygens (including phenoxy) is 2. The molecule has 0 spiro atoms. The van der Waals surface area contributed by atoms with E-state index < -0.39 is 5.82 Å². The molecule has 0 radical (unpaired) electrons. The van der Waals surface area contributed by atoms with Crippen LogP contribution in [0.1, 0.15) is 21.5 Å². The fourth-order valence-corrected chi connectivity index (χ4v) is 3.34. The molecule has 4 rings (SSSR count). The van der Waals surface area contributed by atoms with Crippen LogP contribution in [0.3, 0.4) is 0 Å². The smallest absolute Gasteiger partial charge is 0.185 e. The van der Waals surface area contributed by atoms with Crippen molar-refractivity contribution >= 4 is 22.6 Å². The minimum atomic E-state index is -0.418. The molecule has 0 aliphatic rings. The van der Waals surface area contributed by atoms with Gasteiger partial charge >= 0.3 is 0 Å². The number of hydrogen-bond donors (Lipinski definition) is 0.